The second kappa shape index (κ2) is 12.8. The third-order valence-corrected chi connectivity index (χ3v) is 6.74. The number of benzene rings is 1. The number of carbonyl (C=O) groups is 4. The summed E-state index contributed by atoms with van der Waals surface area (Å²) in [6.07, 6.45) is 1.58. The van der Waals surface area contributed by atoms with Gasteiger partial charge in [0.25, 0.3) is 0 Å². The molecule has 1 unspecified atom stereocenters. The maximum absolute atomic E-state index is 13.4. The summed E-state index contributed by atoms with van der Waals surface area (Å²) in [4.78, 5) is 52.3. The Balaban J connectivity index is 1.90. The normalized spacial score (nSPS) is 15.5. The van der Waals surface area contributed by atoms with Crippen LogP contribution in [-0.2, 0) is 20.8 Å². The number of ketones is 1. The first kappa shape index (κ1) is 29.7. The molecule has 0 bridgehead atoms. The van der Waals surface area contributed by atoms with Gasteiger partial charge in [0.1, 0.15) is 11.9 Å². The van der Waals surface area contributed by atoms with Crippen LogP contribution in [0.5, 0.6) is 0 Å². The fraction of sp³-hybridized carbons (Fsp3) is 0.556. The minimum Gasteiger partial charge on any atom is -0.465 e. The summed E-state index contributed by atoms with van der Waals surface area (Å²) < 4.78 is 19.1. The number of nitrogens with one attached hydrogen (secondary N) is 1. The zero-order valence-electron chi connectivity index (χ0n) is 22.8. The molecule has 0 saturated carbocycles. The van der Waals surface area contributed by atoms with Crippen LogP contribution in [0.25, 0.3) is 11.5 Å². The summed E-state index contributed by atoms with van der Waals surface area (Å²) >= 11 is 0. The third-order valence-electron chi connectivity index (χ3n) is 6.74. The summed E-state index contributed by atoms with van der Waals surface area (Å²) in [5, 5.41) is 19.5. The van der Waals surface area contributed by atoms with E-state index in [1.807, 2.05) is 27.7 Å². The number of aromatic nitrogens is 2. The molecule has 1 aromatic carbocycles. The molecule has 2 aromatic rings. The van der Waals surface area contributed by atoms with E-state index in [2.05, 4.69) is 15.6 Å². The number of nitrogens with zero attached hydrogens (tertiary/aromatic N) is 4. The molecule has 212 valence electrons. The largest absolute Gasteiger partial charge is 0.465 e. The number of hydrazine groups is 1. The van der Waals surface area contributed by atoms with Gasteiger partial charge in [-0.15, -0.1) is 10.2 Å². The molecule has 2 atom stereocenters. The predicted molar refractivity (Wildman–Crippen MR) is 139 cm³/mol. The van der Waals surface area contributed by atoms with Gasteiger partial charge in [-0.3, -0.25) is 29.7 Å². The van der Waals surface area contributed by atoms with Gasteiger partial charge < -0.3 is 9.52 Å². The van der Waals surface area contributed by atoms with Gasteiger partial charge in [-0.05, 0) is 48.9 Å². The first-order chi connectivity index (χ1) is 18.4. The zero-order chi connectivity index (χ0) is 28.7. The van der Waals surface area contributed by atoms with Crippen molar-refractivity contribution >= 4 is 23.7 Å². The standard InChI is InChI=1S/C27H36FN5O6/c1-5-6-9-19(23(35)24(36)31-32-15-8-7-10-22(32)34)33(26(37)38)20(27(2,3)4)16-21-29-30-25(39-21)17-11-13-18(28)14-12-17/h11-14,19-20H,5-10,15-16H2,1-4H3,(H,31,36)(H,37,38)/t19-,20?/m0/s1. The topological polar surface area (TPSA) is 146 Å². The van der Waals surface area contributed by atoms with Crippen molar-refractivity contribution in [2.75, 3.05) is 6.54 Å². The third kappa shape index (κ3) is 7.61. The van der Waals surface area contributed by atoms with E-state index in [0.717, 1.165) is 9.91 Å². The van der Waals surface area contributed by atoms with E-state index in [1.165, 1.54) is 24.3 Å². The molecule has 0 spiro atoms. The van der Waals surface area contributed by atoms with Crippen LogP contribution in [0.4, 0.5) is 9.18 Å². The zero-order valence-corrected chi connectivity index (χ0v) is 22.8. The number of Topliss-reactive ketones (excluding diaryl/α,β-unsaturated/α-hetero) is 1. The summed E-state index contributed by atoms with van der Waals surface area (Å²) in [5.74, 6) is -2.39. The molecule has 0 radical (unpaired) electrons. The summed E-state index contributed by atoms with van der Waals surface area (Å²) in [6, 6.07) is 3.38. The van der Waals surface area contributed by atoms with E-state index < -0.39 is 41.1 Å². The Kier molecular flexibility index (Phi) is 9.76. The molecular formula is C27H36FN5O6. The van der Waals surface area contributed by atoms with Crippen molar-refractivity contribution in [3.05, 3.63) is 36.0 Å². The van der Waals surface area contributed by atoms with Crippen LogP contribution in [0.15, 0.2) is 28.7 Å². The van der Waals surface area contributed by atoms with Crippen LogP contribution in [0.2, 0.25) is 0 Å². The molecule has 2 N–H and O–H groups in total. The lowest BCUT2D eigenvalue weighted by molar-refractivity contribution is -0.150. The highest BCUT2D eigenvalue weighted by molar-refractivity contribution is 6.38. The Morgan fingerprint density at radius 3 is 2.46 bits per heavy atom. The minimum absolute atomic E-state index is 0.0217. The monoisotopic (exact) mass is 545 g/mol. The summed E-state index contributed by atoms with van der Waals surface area (Å²) in [6.45, 7) is 7.64. The van der Waals surface area contributed by atoms with E-state index in [9.17, 15) is 28.7 Å². The molecule has 11 nitrogen and oxygen atoms in total. The summed E-state index contributed by atoms with van der Waals surface area (Å²) in [5.41, 5.74) is 2.18. The molecule has 3 rings (SSSR count). The maximum atomic E-state index is 13.4. The Morgan fingerprint density at radius 2 is 1.87 bits per heavy atom. The Labute approximate surface area is 226 Å². The second-order valence-corrected chi connectivity index (χ2v) is 10.7. The van der Waals surface area contributed by atoms with Crippen molar-refractivity contribution in [3.63, 3.8) is 0 Å². The van der Waals surface area contributed by atoms with Crippen molar-refractivity contribution in [2.24, 2.45) is 5.41 Å². The molecule has 39 heavy (non-hydrogen) atoms. The van der Waals surface area contributed by atoms with Crippen LogP contribution >= 0.6 is 0 Å². The molecule has 0 aliphatic carbocycles. The molecular weight excluding hydrogens is 509 g/mol. The number of hydrogen-bond donors (Lipinski definition) is 2. The van der Waals surface area contributed by atoms with E-state index in [0.29, 0.717) is 31.2 Å². The van der Waals surface area contributed by atoms with Crippen molar-refractivity contribution in [2.45, 2.75) is 84.7 Å². The average molecular weight is 546 g/mol. The van der Waals surface area contributed by atoms with Gasteiger partial charge in [-0.1, -0.05) is 40.5 Å². The van der Waals surface area contributed by atoms with Gasteiger partial charge in [0.15, 0.2) is 0 Å². The number of rotatable bonds is 11. The SMILES string of the molecule is CCCC[C@@H](C(=O)C(=O)NN1CCCCC1=O)N(C(=O)O)C(Cc1nnc(-c2ccc(F)cc2)o1)C(C)(C)C. The lowest BCUT2D eigenvalue weighted by Gasteiger charge is -2.41. The minimum atomic E-state index is -1.37. The van der Waals surface area contributed by atoms with E-state index in [4.69, 9.17) is 4.42 Å². The molecule has 2 heterocycles. The van der Waals surface area contributed by atoms with Crippen LogP contribution in [0.1, 0.15) is 72.1 Å². The van der Waals surface area contributed by atoms with Crippen molar-refractivity contribution in [1.29, 1.82) is 0 Å². The molecule has 12 heteroatoms. The van der Waals surface area contributed by atoms with Crippen LogP contribution in [0.3, 0.4) is 0 Å². The Hall–Kier alpha value is -3.83. The first-order valence-electron chi connectivity index (χ1n) is 13.2. The number of unbranched alkanes of at least 4 members (excludes halogenated alkanes) is 1. The van der Waals surface area contributed by atoms with E-state index >= 15 is 0 Å². The number of amides is 3. The van der Waals surface area contributed by atoms with Gasteiger partial charge in [-0.25, -0.2) is 9.18 Å². The number of carbonyl (C=O) groups excluding carboxylic acids is 3. The van der Waals surface area contributed by atoms with Crippen molar-refractivity contribution in [3.8, 4) is 11.5 Å². The van der Waals surface area contributed by atoms with Crippen LogP contribution in [0, 0.1) is 11.2 Å². The fourth-order valence-corrected chi connectivity index (χ4v) is 4.56. The number of piperidine rings is 1. The molecule has 1 aromatic heterocycles. The highest BCUT2D eigenvalue weighted by Gasteiger charge is 2.43. The number of carboxylic acid groups (broad SMARTS) is 1. The smallest absolute Gasteiger partial charge is 0.408 e. The van der Waals surface area contributed by atoms with E-state index in [-0.39, 0.29) is 43.5 Å². The van der Waals surface area contributed by atoms with Crippen LogP contribution < -0.4 is 5.43 Å². The number of hydrogen-bond acceptors (Lipinski definition) is 7. The van der Waals surface area contributed by atoms with Crippen molar-refractivity contribution < 1.29 is 33.1 Å². The van der Waals surface area contributed by atoms with Crippen LogP contribution in [-0.4, -0.2) is 67.5 Å². The lowest BCUT2D eigenvalue weighted by atomic mass is 9.82. The van der Waals surface area contributed by atoms with Gasteiger partial charge in [0, 0.05) is 31.0 Å². The molecule has 1 saturated heterocycles. The summed E-state index contributed by atoms with van der Waals surface area (Å²) in [7, 11) is 0. The van der Waals surface area contributed by atoms with Gasteiger partial charge in [0.05, 0.1) is 0 Å². The van der Waals surface area contributed by atoms with Gasteiger partial charge in [-0.2, -0.15) is 0 Å². The first-order valence-corrected chi connectivity index (χ1v) is 13.2. The highest BCUT2D eigenvalue weighted by atomic mass is 19.1. The molecule has 1 aliphatic rings. The quantitative estimate of drug-likeness (QED) is 0.403. The maximum Gasteiger partial charge on any atom is 0.408 e. The average Bonchev–Trinajstić information content (AvgIpc) is 3.35. The molecule has 1 fully saturated rings. The predicted octanol–water partition coefficient (Wildman–Crippen LogP) is 3.98. The van der Waals surface area contributed by atoms with Crippen molar-refractivity contribution in [1.82, 2.24) is 25.5 Å². The Morgan fingerprint density at radius 1 is 1.18 bits per heavy atom. The molecule has 1 aliphatic heterocycles. The number of halogens is 1. The molecule has 3 amide bonds. The fourth-order valence-electron chi connectivity index (χ4n) is 4.56. The lowest BCUT2D eigenvalue weighted by Crippen LogP contribution is -2.59. The van der Waals surface area contributed by atoms with E-state index in [1.54, 1.807) is 0 Å². The van der Waals surface area contributed by atoms with Gasteiger partial charge >= 0.3 is 12.0 Å². The Bertz CT molecular complexity index is 1180. The highest BCUT2D eigenvalue weighted by Crippen LogP contribution is 2.31. The second-order valence-electron chi connectivity index (χ2n) is 10.7. The van der Waals surface area contributed by atoms with Gasteiger partial charge in [0.2, 0.25) is 23.5 Å².